The molecule has 7 nitrogen and oxygen atoms in total. The van der Waals surface area contributed by atoms with Crippen molar-refractivity contribution in [2.24, 2.45) is 5.73 Å². The average molecular weight is 454 g/mol. The normalized spacial score (nSPS) is 12.1. The molecule has 3 aromatic rings. The standard InChI is InChI=1S/C19H20F2N4O3S2/c20-18(21)15(9-22)10-25-19(26)24(12-23-25)8-7-16-5-6-17(29-16)14-3-1-13(2-4-14)11-30(27)28/h1-6,12H,7-11,22H2,(H,27,28)/p-1. The molecule has 2 heterocycles. The first-order valence-electron chi connectivity index (χ1n) is 8.96. The third kappa shape index (κ3) is 5.57. The number of nitrogens with zero attached hydrogens (tertiary/aromatic N) is 3. The molecule has 0 bridgehead atoms. The summed E-state index contributed by atoms with van der Waals surface area (Å²) in [7, 11) is 0. The fourth-order valence-electron chi connectivity index (χ4n) is 2.82. The number of halogens is 2. The van der Waals surface area contributed by atoms with Crippen LogP contribution in [0.15, 0.2) is 59.2 Å². The van der Waals surface area contributed by atoms with Gasteiger partial charge in [-0.1, -0.05) is 35.3 Å². The second-order valence-electron chi connectivity index (χ2n) is 6.49. The highest BCUT2D eigenvalue weighted by molar-refractivity contribution is 7.78. The van der Waals surface area contributed by atoms with E-state index in [4.69, 9.17) is 5.73 Å². The summed E-state index contributed by atoms with van der Waals surface area (Å²) in [5.41, 5.74) is 6.19. The van der Waals surface area contributed by atoms with Crippen molar-refractivity contribution in [3.05, 3.63) is 75.3 Å². The van der Waals surface area contributed by atoms with Crippen molar-refractivity contribution in [2.45, 2.75) is 25.3 Å². The zero-order valence-corrected chi connectivity index (χ0v) is 17.4. The van der Waals surface area contributed by atoms with Gasteiger partial charge >= 0.3 is 5.69 Å². The Morgan fingerprint density at radius 2 is 1.93 bits per heavy atom. The van der Waals surface area contributed by atoms with Crippen molar-refractivity contribution in [3.63, 3.8) is 0 Å². The lowest BCUT2D eigenvalue weighted by Gasteiger charge is -2.05. The van der Waals surface area contributed by atoms with E-state index in [1.165, 1.54) is 10.9 Å². The summed E-state index contributed by atoms with van der Waals surface area (Å²) < 4.78 is 49.4. The van der Waals surface area contributed by atoms with Crippen molar-refractivity contribution in [2.75, 3.05) is 6.54 Å². The number of thiophene rings is 1. The van der Waals surface area contributed by atoms with E-state index < -0.39 is 22.9 Å². The summed E-state index contributed by atoms with van der Waals surface area (Å²) in [5, 5.41) is 3.88. The van der Waals surface area contributed by atoms with Gasteiger partial charge in [-0.15, -0.1) is 11.3 Å². The molecule has 1 aromatic carbocycles. The molecule has 2 N–H and O–H groups in total. The van der Waals surface area contributed by atoms with Crippen LogP contribution in [0.5, 0.6) is 0 Å². The van der Waals surface area contributed by atoms with Crippen LogP contribution in [0.2, 0.25) is 0 Å². The average Bonchev–Trinajstić information content (AvgIpc) is 3.31. The maximum atomic E-state index is 12.7. The molecule has 2 aromatic heterocycles. The van der Waals surface area contributed by atoms with E-state index >= 15 is 0 Å². The Morgan fingerprint density at radius 1 is 1.20 bits per heavy atom. The Morgan fingerprint density at radius 3 is 2.57 bits per heavy atom. The molecule has 0 spiro atoms. The number of aryl methyl sites for hydroxylation is 2. The predicted octanol–water partition coefficient (Wildman–Crippen LogP) is 2.50. The smallest absolute Gasteiger partial charge is 0.346 e. The van der Waals surface area contributed by atoms with E-state index in [1.807, 2.05) is 24.3 Å². The highest BCUT2D eigenvalue weighted by Gasteiger charge is 2.11. The third-order valence-corrected chi connectivity index (χ3v) is 6.20. The van der Waals surface area contributed by atoms with Gasteiger partial charge in [0.05, 0.1) is 6.54 Å². The van der Waals surface area contributed by atoms with Gasteiger partial charge in [-0.2, -0.15) is 13.9 Å². The van der Waals surface area contributed by atoms with Crippen molar-refractivity contribution in [1.29, 1.82) is 0 Å². The second-order valence-corrected chi connectivity index (χ2v) is 8.56. The summed E-state index contributed by atoms with van der Waals surface area (Å²) >= 11 is -0.551. The van der Waals surface area contributed by atoms with Crippen LogP contribution in [-0.2, 0) is 36.3 Å². The van der Waals surface area contributed by atoms with Crippen molar-refractivity contribution < 1.29 is 17.5 Å². The molecule has 160 valence electrons. The van der Waals surface area contributed by atoms with Crippen LogP contribution in [0, 0.1) is 0 Å². The molecule has 30 heavy (non-hydrogen) atoms. The van der Waals surface area contributed by atoms with Gasteiger partial charge in [-0.3, -0.25) is 8.78 Å². The lowest BCUT2D eigenvalue weighted by atomic mass is 10.1. The first kappa shape index (κ1) is 22.2. The van der Waals surface area contributed by atoms with Gasteiger partial charge in [0.1, 0.15) is 6.33 Å². The Bertz CT molecular complexity index is 1120. The van der Waals surface area contributed by atoms with Crippen LogP contribution in [0.3, 0.4) is 0 Å². The topological polar surface area (TPSA) is 106 Å². The summed E-state index contributed by atoms with van der Waals surface area (Å²) in [6.45, 7) is -0.300. The van der Waals surface area contributed by atoms with Crippen molar-refractivity contribution >= 4 is 22.4 Å². The van der Waals surface area contributed by atoms with Gasteiger partial charge in [0.25, 0.3) is 6.08 Å². The predicted molar refractivity (Wildman–Crippen MR) is 111 cm³/mol. The van der Waals surface area contributed by atoms with Gasteiger partial charge in [-0.05, 0) is 29.7 Å². The van der Waals surface area contributed by atoms with Crippen LogP contribution in [0.1, 0.15) is 10.4 Å². The zero-order chi connectivity index (χ0) is 21.7. The molecule has 0 radical (unpaired) electrons. The third-order valence-electron chi connectivity index (χ3n) is 4.43. The maximum Gasteiger partial charge on any atom is 0.346 e. The van der Waals surface area contributed by atoms with E-state index in [0.29, 0.717) is 13.0 Å². The SMILES string of the molecule is NCC(Cn1ncn(CCc2ccc(-c3ccc(CS(=O)[O-])cc3)s2)c1=O)=C(F)F. The van der Waals surface area contributed by atoms with E-state index in [1.54, 1.807) is 23.5 Å². The number of aromatic nitrogens is 3. The minimum Gasteiger partial charge on any atom is -0.772 e. The number of benzene rings is 1. The first-order chi connectivity index (χ1) is 14.4. The second kappa shape index (κ2) is 10.0. The molecule has 3 rings (SSSR count). The molecule has 0 saturated heterocycles. The van der Waals surface area contributed by atoms with Crippen LogP contribution in [-0.4, -0.2) is 29.7 Å². The van der Waals surface area contributed by atoms with Crippen LogP contribution < -0.4 is 11.4 Å². The number of hydrogen-bond acceptors (Lipinski definition) is 6. The molecular weight excluding hydrogens is 434 g/mol. The van der Waals surface area contributed by atoms with Gasteiger partial charge in [0.15, 0.2) is 0 Å². The van der Waals surface area contributed by atoms with Crippen LogP contribution >= 0.6 is 11.3 Å². The minimum absolute atomic E-state index is 0.0149. The number of nitrogens with two attached hydrogens (primary N) is 1. The summed E-state index contributed by atoms with van der Waals surface area (Å²) in [6.07, 6.45) is 0.0276. The molecule has 1 atom stereocenters. The highest BCUT2D eigenvalue weighted by atomic mass is 32.2. The molecule has 11 heteroatoms. The molecule has 0 saturated carbocycles. The highest BCUT2D eigenvalue weighted by Crippen LogP contribution is 2.29. The number of rotatable bonds is 9. The van der Waals surface area contributed by atoms with E-state index in [-0.39, 0.29) is 24.4 Å². The minimum atomic E-state index is -2.12. The summed E-state index contributed by atoms with van der Waals surface area (Å²) in [4.78, 5) is 14.4. The molecule has 0 amide bonds. The monoisotopic (exact) mass is 453 g/mol. The first-order valence-corrected chi connectivity index (χ1v) is 11.0. The quantitative estimate of drug-likeness (QED) is 0.501. The molecule has 0 aliphatic carbocycles. The van der Waals surface area contributed by atoms with E-state index in [0.717, 1.165) is 25.6 Å². The van der Waals surface area contributed by atoms with E-state index in [9.17, 15) is 22.3 Å². The molecule has 0 aliphatic rings. The largest absolute Gasteiger partial charge is 0.772 e. The van der Waals surface area contributed by atoms with Gasteiger partial charge < -0.3 is 10.3 Å². The Labute approximate surface area is 177 Å². The molecule has 0 fully saturated rings. The fraction of sp³-hybridized carbons (Fsp3) is 0.263. The van der Waals surface area contributed by atoms with Crippen LogP contribution in [0.25, 0.3) is 10.4 Å². The van der Waals surface area contributed by atoms with Crippen molar-refractivity contribution in [1.82, 2.24) is 14.3 Å². The summed E-state index contributed by atoms with van der Waals surface area (Å²) in [5.74, 6) is -0.0149. The lowest BCUT2D eigenvalue weighted by Crippen LogP contribution is -2.27. The van der Waals surface area contributed by atoms with Gasteiger partial charge in [0, 0.05) is 34.2 Å². The lowest BCUT2D eigenvalue weighted by molar-refractivity contribution is 0.400. The Hall–Kier alpha value is -2.47. The Kier molecular flexibility index (Phi) is 7.43. The van der Waals surface area contributed by atoms with Gasteiger partial charge in [-0.25, -0.2) is 9.48 Å². The van der Waals surface area contributed by atoms with Crippen molar-refractivity contribution in [3.8, 4) is 10.4 Å². The number of hydrogen-bond donors (Lipinski definition) is 1. The maximum absolute atomic E-state index is 12.7. The van der Waals surface area contributed by atoms with Crippen LogP contribution in [0.4, 0.5) is 8.78 Å². The van der Waals surface area contributed by atoms with Gasteiger partial charge in [0.2, 0.25) is 0 Å². The Balaban J connectivity index is 1.64. The van der Waals surface area contributed by atoms with E-state index in [2.05, 4.69) is 5.10 Å². The zero-order valence-electron chi connectivity index (χ0n) is 15.8. The summed E-state index contributed by atoms with van der Waals surface area (Å²) in [6, 6.07) is 11.2. The molecular formula is C19H19F2N4O3S2-. The molecule has 1 unspecified atom stereocenters. The fourth-order valence-corrected chi connectivity index (χ4v) is 4.28. The molecule has 0 aliphatic heterocycles.